The molecule has 0 saturated carbocycles. The van der Waals surface area contributed by atoms with Crippen LogP contribution >= 0.6 is 15.9 Å². The quantitative estimate of drug-likeness (QED) is 0.914. The monoisotopic (exact) mass is 312 g/mol. The molecular formula is C12H17BrN4O. The molecule has 0 aromatic carbocycles. The molecule has 2 aromatic rings. The van der Waals surface area contributed by atoms with Gasteiger partial charge in [0.25, 0.3) is 0 Å². The first-order valence-electron chi connectivity index (χ1n) is 5.71. The molecule has 0 aliphatic rings. The van der Waals surface area contributed by atoms with Crippen LogP contribution in [0.2, 0.25) is 0 Å². The van der Waals surface area contributed by atoms with E-state index < -0.39 is 11.1 Å². The van der Waals surface area contributed by atoms with E-state index >= 15 is 0 Å². The van der Waals surface area contributed by atoms with Gasteiger partial charge in [0.2, 0.25) is 5.95 Å². The van der Waals surface area contributed by atoms with Gasteiger partial charge in [0.1, 0.15) is 0 Å². The Morgan fingerprint density at radius 1 is 1.28 bits per heavy atom. The number of rotatable bonds is 3. The summed E-state index contributed by atoms with van der Waals surface area (Å²) >= 11 is 3.39. The van der Waals surface area contributed by atoms with Crippen molar-refractivity contribution in [2.24, 2.45) is 0 Å². The van der Waals surface area contributed by atoms with Crippen LogP contribution < -0.4 is 5.32 Å². The van der Waals surface area contributed by atoms with Crippen LogP contribution in [-0.2, 0) is 0 Å². The number of pyridine rings is 1. The number of hydrogen-bond donors (Lipinski definition) is 2. The Morgan fingerprint density at radius 3 is 2.56 bits per heavy atom. The van der Waals surface area contributed by atoms with Crippen molar-refractivity contribution in [3.8, 4) is 0 Å². The summed E-state index contributed by atoms with van der Waals surface area (Å²) in [4.78, 5) is 4.36. The molecule has 5 nitrogen and oxygen atoms in total. The lowest BCUT2D eigenvalue weighted by Gasteiger charge is -2.37. The maximum Gasteiger partial charge on any atom is 0.243 e. The Balaban J connectivity index is 2.33. The summed E-state index contributed by atoms with van der Waals surface area (Å²) in [5.74, 6) is 0.500. The topological polar surface area (TPSA) is 62.5 Å². The van der Waals surface area contributed by atoms with Gasteiger partial charge >= 0.3 is 0 Å². The molecule has 98 valence electrons. The van der Waals surface area contributed by atoms with Crippen LogP contribution in [0, 0.1) is 0 Å². The Morgan fingerprint density at radius 2 is 1.94 bits per heavy atom. The van der Waals surface area contributed by atoms with Crippen molar-refractivity contribution in [1.82, 2.24) is 14.6 Å². The average molecular weight is 313 g/mol. The van der Waals surface area contributed by atoms with Crippen LogP contribution in [0.25, 0.3) is 5.65 Å². The minimum atomic E-state index is -0.884. The molecule has 2 aromatic heterocycles. The summed E-state index contributed by atoms with van der Waals surface area (Å²) < 4.78 is 2.63. The third-order valence-electron chi connectivity index (χ3n) is 3.25. The average Bonchev–Trinajstić information content (AvgIpc) is 2.56. The molecule has 0 radical (unpaired) electrons. The second-order valence-corrected chi connectivity index (χ2v) is 6.31. The fraction of sp³-hybridized carbons (Fsp3) is 0.500. The molecular weight excluding hydrogens is 296 g/mol. The number of halogens is 1. The van der Waals surface area contributed by atoms with Crippen molar-refractivity contribution in [1.29, 1.82) is 0 Å². The molecule has 0 aliphatic heterocycles. The first-order valence-corrected chi connectivity index (χ1v) is 6.51. The van der Waals surface area contributed by atoms with Crippen molar-refractivity contribution in [2.45, 2.75) is 38.8 Å². The van der Waals surface area contributed by atoms with Gasteiger partial charge in [0.05, 0.1) is 11.1 Å². The Bertz CT molecular complexity index is 571. The number of aliphatic hydroxyl groups is 1. The zero-order chi connectivity index (χ0) is 13.6. The second kappa shape index (κ2) is 4.20. The summed E-state index contributed by atoms with van der Waals surface area (Å²) in [5, 5.41) is 17.6. The highest BCUT2D eigenvalue weighted by Gasteiger charge is 2.35. The number of nitrogens with zero attached hydrogens (tertiary/aromatic N) is 3. The van der Waals surface area contributed by atoms with Gasteiger partial charge in [-0.05, 0) is 55.8 Å². The predicted octanol–water partition coefficient (Wildman–Crippen LogP) is 2.45. The van der Waals surface area contributed by atoms with Crippen molar-refractivity contribution in [3.63, 3.8) is 0 Å². The van der Waals surface area contributed by atoms with Crippen LogP contribution in [-0.4, -0.2) is 30.8 Å². The Hall–Kier alpha value is -1.14. The van der Waals surface area contributed by atoms with Crippen LogP contribution in [0.5, 0.6) is 0 Å². The largest absolute Gasteiger partial charge is 0.388 e. The van der Waals surface area contributed by atoms with Gasteiger partial charge in [-0.25, -0.2) is 4.52 Å². The SMILES string of the molecule is CC(C)(O)C(C)(C)Nc1nc2ccc(Br)cn2n1. The number of aromatic nitrogens is 3. The molecule has 0 fully saturated rings. The third-order valence-corrected chi connectivity index (χ3v) is 3.72. The van der Waals surface area contributed by atoms with E-state index in [0.717, 1.165) is 10.1 Å². The number of hydrogen-bond acceptors (Lipinski definition) is 4. The van der Waals surface area contributed by atoms with Crippen molar-refractivity contribution < 1.29 is 5.11 Å². The van der Waals surface area contributed by atoms with Crippen LogP contribution in [0.4, 0.5) is 5.95 Å². The molecule has 2 heterocycles. The summed E-state index contributed by atoms with van der Waals surface area (Å²) in [7, 11) is 0. The lowest BCUT2D eigenvalue weighted by Crippen LogP contribution is -2.51. The Labute approximate surface area is 114 Å². The molecule has 2 rings (SSSR count). The summed E-state index contributed by atoms with van der Waals surface area (Å²) in [5.41, 5.74) is -0.660. The normalized spacial score (nSPS) is 13.0. The minimum Gasteiger partial charge on any atom is -0.388 e. The number of fused-ring (bicyclic) bond motifs is 1. The third kappa shape index (κ3) is 2.49. The maximum absolute atomic E-state index is 10.1. The zero-order valence-electron chi connectivity index (χ0n) is 10.9. The van der Waals surface area contributed by atoms with Crippen molar-refractivity contribution in [3.05, 3.63) is 22.8 Å². The molecule has 0 unspecified atom stereocenters. The van der Waals surface area contributed by atoms with E-state index in [1.54, 1.807) is 18.4 Å². The molecule has 0 spiro atoms. The van der Waals surface area contributed by atoms with E-state index in [2.05, 4.69) is 31.3 Å². The fourth-order valence-corrected chi connectivity index (χ4v) is 1.67. The Kier molecular flexibility index (Phi) is 3.11. The minimum absolute atomic E-state index is 0.500. The van der Waals surface area contributed by atoms with Crippen LogP contribution in [0.15, 0.2) is 22.8 Å². The van der Waals surface area contributed by atoms with Gasteiger partial charge in [-0.15, -0.1) is 5.10 Å². The first-order chi connectivity index (χ1) is 8.19. The van der Waals surface area contributed by atoms with Gasteiger partial charge in [-0.1, -0.05) is 0 Å². The molecule has 0 aliphatic carbocycles. The van der Waals surface area contributed by atoms with Gasteiger partial charge in [-0.3, -0.25) is 0 Å². The van der Waals surface area contributed by atoms with Gasteiger partial charge < -0.3 is 10.4 Å². The molecule has 0 amide bonds. The summed E-state index contributed by atoms with van der Waals surface area (Å²) in [6, 6.07) is 3.79. The zero-order valence-corrected chi connectivity index (χ0v) is 12.5. The highest BCUT2D eigenvalue weighted by Crippen LogP contribution is 2.24. The van der Waals surface area contributed by atoms with Crippen LogP contribution in [0.3, 0.4) is 0 Å². The molecule has 6 heteroatoms. The van der Waals surface area contributed by atoms with Crippen molar-refractivity contribution in [2.75, 3.05) is 5.32 Å². The smallest absolute Gasteiger partial charge is 0.243 e. The molecule has 0 saturated heterocycles. The van der Waals surface area contributed by atoms with Gasteiger partial charge in [-0.2, -0.15) is 4.98 Å². The van der Waals surface area contributed by atoms with Crippen molar-refractivity contribution >= 4 is 27.5 Å². The number of nitrogens with one attached hydrogen (secondary N) is 1. The summed E-state index contributed by atoms with van der Waals surface area (Å²) in [6.45, 7) is 7.34. The molecule has 0 atom stereocenters. The van der Waals surface area contributed by atoms with Gasteiger partial charge in [0, 0.05) is 10.7 Å². The standard InChI is InChI=1S/C12H17BrN4O/c1-11(2,12(3,4)18)15-10-14-9-6-5-8(13)7-17(9)16-10/h5-7,18H,1-4H3,(H,15,16). The highest BCUT2D eigenvalue weighted by atomic mass is 79.9. The van der Waals surface area contributed by atoms with E-state index in [4.69, 9.17) is 0 Å². The lowest BCUT2D eigenvalue weighted by molar-refractivity contribution is 0.0237. The van der Waals surface area contributed by atoms with E-state index in [1.807, 2.05) is 32.2 Å². The molecule has 0 bridgehead atoms. The van der Waals surface area contributed by atoms with E-state index in [9.17, 15) is 5.11 Å². The van der Waals surface area contributed by atoms with E-state index in [-0.39, 0.29) is 0 Å². The second-order valence-electron chi connectivity index (χ2n) is 5.39. The molecule has 18 heavy (non-hydrogen) atoms. The predicted molar refractivity (Wildman–Crippen MR) is 74.7 cm³/mol. The highest BCUT2D eigenvalue weighted by molar-refractivity contribution is 9.10. The fourth-order valence-electron chi connectivity index (χ4n) is 1.34. The lowest BCUT2D eigenvalue weighted by atomic mass is 9.86. The van der Waals surface area contributed by atoms with Crippen LogP contribution in [0.1, 0.15) is 27.7 Å². The number of anilines is 1. The van der Waals surface area contributed by atoms with Gasteiger partial charge in [0.15, 0.2) is 5.65 Å². The van der Waals surface area contributed by atoms with E-state index in [1.165, 1.54) is 0 Å². The maximum atomic E-state index is 10.1. The first kappa shape index (κ1) is 13.3. The summed E-state index contributed by atoms with van der Waals surface area (Å²) in [6.07, 6.45) is 1.84. The van der Waals surface area contributed by atoms with E-state index in [0.29, 0.717) is 5.95 Å². The molecule has 2 N–H and O–H groups in total.